The van der Waals surface area contributed by atoms with E-state index in [9.17, 15) is 22.8 Å². The van der Waals surface area contributed by atoms with Gasteiger partial charge in [-0.2, -0.15) is 0 Å². The van der Waals surface area contributed by atoms with Crippen LogP contribution in [0.15, 0.2) is 39.5 Å². The van der Waals surface area contributed by atoms with E-state index in [-0.39, 0.29) is 6.54 Å². The molecule has 0 spiro atoms. The van der Waals surface area contributed by atoms with E-state index in [1.54, 1.807) is 12.1 Å². The van der Waals surface area contributed by atoms with Crippen LogP contribution in [0.25, 0.3) is 11.1 Å². The topological polar surface area (TPSA) is 75.1 Å². The molecular weight excluding hydrogens is 313 g/mol. The first-order chi connectivity index (χ1) is 11.0. The Morgan fingerprint density at radius 2 is 1.91 bits per heavy atom. The number of benzene rings is 2. The molecule has 0 bridgehead atoms. The number of hydrogen-bond donors (Lipinski definition) is 2. The second kappa shape index (κ2) is 5.64. The third-order valence-corrected chi connectivity index (χ3v) is 3.22. The van der Waals surface area contributed by atoms with Crippen LogP contribution in [0.3, 0.4) is 0 Å². The normalized spacial score (nSPS) is 10.9. The number of halogens is 3. The summed E-state index contributed by atoms with van der Waals surface area (Å²) in [5.74, 6) is -6.11. The summed E-state index contributed by atoms with van der Waals surface area (Å²) < 4.78 is 44.3. The Hall–Kier alpha value is -3.03. The van der Waals surface area contributed by atoms with Crippen LogP contribution in [-0.2, 0) is 6.54 Å². The Labute approximate surface area is 126 Å². The maximum absolute atomic E-state index is 13.5. The SMILES string of the molecule is O=C(NCc1ccc2[nH]c(=O)oc2c1)c1ccc(F)c(F)c1F. The number of nitrogens with one attached hydrogen (secondary N) is 2. The molecular formula is C15H9F3N2O3. The summed E-state index contributed by atoms with van der Waals surface area (Å²) in [6.45, 7) is -0.0118. The molecule has 0 unspecified atom stereocenters. The lowest BCUT2D eigenvalue weighted by Gasteiger charge is -2.07. The van der Waals surface area contributed by atoms with Gasteiger partial charge in [-0.15, -0.1) is 0 Å². The molecule has 1 heterocycles. The molecule has 2 N–H and O–H groups in total. The van der Waals surface area contributed by atoms with Crippen LogP contribution in [0.2, 0.25) is 0 Å². The summed E-state index contributed by atoms with van der Waals surface area (Å²) in [6, 6.07) is 6.26. The largest absolute Gasteiger partial charge is 0.417 e. The van der Waals surface area contributed by atoms with Crippen molar-refractivity contribution in [2.24, 2.45) is 0 Å². The molecule has 1 amide bonds. The summed E-state index contributed by atoms with van der Waals surface area (Å²) in [5.41, 5.74) is 0.784. The van der Waals surface area contributed by atoms with Crippen molar-refractivity contribution in [3.63, 3.8) is 0 Å². The van der Waals surface area contributed by atoms with Gasteiger partial charge in [0.2, 0.25) is 0 Å². The van der Waals surface area contributed by atoms with Gasteiger partial charge in [-0.25, -0.2) is 18.0 Å². The highest BCUT2D eigenvalue weighted by Gasteiger charge is 2.18. The van der Waals surface area contributed by atoms with E-state index in [4.69, 9.17) is 4.42 Å². The van der Waals surface area contributed by atoms with Crippen LogP contribution >= 0.6 is 0 Å². The summed E-state index contributed by atoms with van der Waals surface area (Å²) in [7, 11) is 0. The first kappa shape index (κ1) is 14.9. The molecule has 118 valence electrons. The van der Waals surface area contributed by atoms with E-state index in [0.29, 0.717) is 22.7 Å². The monoisotopic (exact) mass is 322 g/mol. The lowest BCUT2D eigenvalue weighted by Crippen LogP contribution is -2.24. The van der Waals surface area contributed by atoms with Crippen molar-refractivity contribution in [1.82, 2.24) is 10.3 Å². The van der Waals surface area contributed by atoms with Crippen LogP contribution in [0, 0.1) is 17.5 Å². The van der Waals surface area contributed by atoms with Gasteiger partial charge in [0.25, 0.3) is 5.91 Å². The molecule has 0 radical (unpaired) electrons. The van der Waals surface area contributed by atoms with Crippen molar-refractivity contribution >= 4 is 17.0 Å². The number of carbonyl (C=O) groups excluding carboxylic acids is 1. The molecule has 1 aromatic heterocycles. The molecule has 0 aliphatic rings. The number of oxazole rings is 1. The summed E-state index contributed by atoms with van der Waals surface area (Å²) in [6.07, 6.45) is 0. The highest BCUT2D eigenvalue weighted by atomic mass is 19.2. The van der Waals surface area contributed by atoms with Gasteiger partial charge < -0.3 is 9.73 Å². The Balaban J connectivity index is 1.77. The van der Waals surface area contributed by atoms with Crippen LogP contribution in [0.4, 0.5) is 13.2 Å². The summed E-state index contributed by atoms with van der Waals surface area (Å²) in [5, 5.41) is 2.38. The number of aromatic nitrogens is 1. The molecule has 3 aromatic rings. The third-order valence-electron chi connectivity index (χ3n) is 3.22. The molecule has 0 saturated heterocycles. The van der Waals surface area contributed by atoms with E-state index in [2.05, 4.69) is 10.3 Å². The number of hydrogen-bond acceptors (Lipinski definition) is 3. The van der Waals surface area contributed by atoms with Gasteiger partial charge in [-0.3, -0.25) is 9.78 Å². The van der Waals surface area contributed by atoms with E-state index in [0.717, 1.165) is 6.07 Å². The van der Waals surface area contributed by atoms with Crippen molar-refractivity contribution in [1.29, 1.82) is 0 Å². The zero-order valence-electron chi connectivity index (χ0n) is 11.5. The highest BCUT2D eigenvalue weighted by Crippen LogP contribution is 2.16. The molecule has 2 aromatic carbocycles. The van der Waals surface area contributed by atoms with E-state index < -0.39 is 34.7 Å². The van der Waals surface area contributed by atoms with Crippen molar-refractivity contribution in [3.8, 4) is 0 Å². The van der Waals surface area contributed by atoms with Gasteiger partial charge in [0.15, 0.2) is 23.0 Å². The van der Waals surface area contributed by atoms with Crippen molar-refractivity contribution in [2.75, 3.05) is 0 Å². The minimum absolute atomic E-state index is 0.0118. The minimum atomic E-state index is -1.70. The van der Waals surface area contributed by atoms with Crippen LogP contribution in [0.5, 0.6) is 0 Å². The summed E-state index contributed by atoms with van der Waals surface area (Å²) >= 11 is 0. The maximum Gasteiger partial charge on any atom is 0.417 e. The van der Waals surface area contributed by atoms with Crippen molar-refractivity contribution in [2.45, 2.75) is 6.54 Å². The first-order valence-electron chi connectivity index (χ1n) is 6.49. The average Bonchev–Trinajstić information content (AvgIpc) is 2.89. The standard InChI is InChI=1S/C15H9F3N2O3/c16-9-3-2-8(12(17)13(9)18)14(21)19-6-7-1-4-10-11(5-7)23-15(22)20-10/h1-5H,6H2,(H,19,21)(H,20,22). The Bertz CT molecular complexity index is 962. The Morgan fingerprint density at radius 3 is 2.70 bits per heavy atom. The zero-order chi connectivity index (χ0) is 16.6. The molecule has 0 saturated carbocycles. The van der Waals surface area contributed by atoms with Gasteiger partial charge in [-0.05, 0) is 29.8 Å². The molecule has 0 aliphatic carbocycles. The van der Waals surface area contributed by atoms with Crippen molar-refractivity contribution in [3.05, 3.63) is 69.5 Å². The van der Waals surface area contributed by atoms with E-state index in [1.165, 1.54) is 6.07 Å². The predicted octanol–water partition coefficient (Wildman–Crippen LogP) is 2.47. The predicted molar refractivity (Wildman–Crippen MR) is 74.3 cm³/mol. The first-order valence-corrected chi connectivity index (χ1v) is 6.49. The van der Waals surface area contributed by atoms with Crippen LogP contribution in [-0.4, -0.2) is 10.9 Å². The van der Waals surface area contributed by atoms with Gasteiger partial charge in [-0.1, -0.05) is 6.07 Å². The number of fused-ring (bicyclic) bond motifs is 1. The molecule has 8 heteroatoms. The second-order valence-electron chi connectivity index (χ2n) is 4.75. The molecule has 23 heavy (non-hydrogen) atoms. The Morgan fingerprint density at radius 1 is 1.13 bits per heavy atom. The summed E-state index contributed by atoms with van der Waals surface area (Å²) in [4.78, 5) is 25.4. The highest BCUT2D eigenvalue weighted by molar-refractivity contribution is 5.94. The minimum Gasteiger partial charge on any atom is -0.408 e. The fraction of sp³-hybridized carbons (Fsp3) is 0.0667. The molecule has 3 rings (SSSR count). The van der Waals surface area contributed by atoms with E-state index >= 15 is 0 Å². The van der Waals surface area contributed by atoms with Gasteiger partial charge in [0.1, 0.15) is 0 Å². The van der Waals surface area contributed by atoms with Crippen LogP contribution in [0.1, 0.15) is 15.9 Å². The second-order valence-corrected chi connectivity index (χ2v) is 4.75. The molecule has 0 aliphatic heterocycles. The maximum atomic E-state index is 13.5. The lowest BCUT2D eigenvalue weighted by molar-refractivity contribution is 0.0945. The smallest absolute Gasteiger partial charge is 0.408 e. The van der Waals surface area contributed by atoms with Crippen LogP contribution < -0.4 is 11.1 Å². The zero-order valence-corrected chi connectivity index (χ0v) is 11.5. The number of carbonyl (C=O) groups is 1. The number of amides is 1. The number of rotatable bonds is 3. The number of aromatic amines is 1. The molecule has 5 nitrogen and oxygen atoms in total. The lowest BCUT2D eigenvalue weighted by atomic mass is 10.1. The quantitative estimate of drug-likeness (QED) is 0.728. The number of H-pyrrole nitrogens is 1. The van der Waals surface area contributed by atoms with Gasteiger partial charge >= 0.3 is 5.76 Å². The van der Waals surface area contributed by atoms with Gasteiger partial charge in [0, 0.05) is 6.54 Å². The molecule has 0 fully saturated rings. The average molecular weight is 322 g/mol. The fourth-order valence-electron chi connectivity index (χ4n) is 2.08. The van der Waals surface area contributed by atoms with E-state index in [1.807, 2.05) is 0 Å². The molecule has 0 atom stereocenters. The Kier molecular flexibility index (Phi) is 3.65. The fourth-order valence-corrected chi connectivity index (χ4v) is 2.08. The third kappa shape index (κ3) is 2.83. The van der Waals surface area contributed by atoms with Gasteiger partial charge in [0.05, 0.1) is 11.1 Å². The van der Waals surface area contributed by atoms with Crippen molar-refractivity contribution < 1.29 is 22.4 Å².